The highest BCUT2D eigenvalue weighted by Gasteiger charge is 2.32. The van der Waals surface area contributed by atoms with E-state index in [9.17, 15) is 21.6 Å². The van der Waals surface area contributed by atoms with Gasteiger partial charge >= 0.3 is 6.18 Å². The van der Waals surface area contributed by atoms with Gasteiger partial charge in [-0.2, -0.15) is 13.2 Å². The maximum atomic E-state index is 13.0. The van der Waals surface area contributed by atoms with Crippen molar-refractivity contribution in [2.75, 3.05) is 11.9 Å². The molecular weight excluding hydrogens is 399 g/mol. The van der Waals surface area contributed by atoms with Crippen molar-refractivity contribution in [3.63, 3.8) is 0 Å². The molecule has 0 saturated heterocycles. The highest BCUT2D eigenvalue weighted by atomic mass is 32.2. The van der Waals surface area contributed by atoms with Gasteiger partial charge in [0, 0.05) is 12.2 Å². The first-order valence-corrected chi connectivity index (χ1v) is 9.70. The minimum Gasteiger partial charge on any atom is -0.336 e. The van der Waals surface area contributed by atoms with Crippen molar-refractivity contribution >= 4 is 33.0 Å². The summed E-state index contributed by atoms with van der Waals surface area (Å²) < 4.78 is 61.5. The number of aryl methyl sites for hydroxylation is 1. The Balaban J connectivity index is 2.19. The van der Waals surface area contributed by atoms with Crippen molar-refractivity contribution in [2.45, 2.75) is 24.5 Å². The molecule has 0 fully saturated rings. The molecule has 0 atom stereocenters. The number of hydrogen-bond acceptors (Lipinski definition) is 3. The largest absolute Gasteiger partial charge is 0.406 e. The van der Waals surface area contributed by atoms with E-state index in [2.05, 4.69) is 5.32 Å². The van der Waals surface area contributed by atoms with Gasteiger partial charge in [0.1, 0.15) is 6.54 Å². The average molecular weight is 417 g/mol. The molecule has 10 heteroatoms. The molecule has 0 heterocycles. The zero-order chi connectivity index (χ0) is 20.2. The van der Waals surface area contributed by atoms with Crippen molar-refractivity contribution < 1.29 is 21.6 Å². The van der Waals surface area contributed by atoms with Crippen LogP contribution in [0.25, 0.3) is 0 Å². The Morgan fingerprint density at radius 1 is 1.19 bits per heavy atom. The molecule has 0 unspecified atom stereocenters. The Morgan fingerprint density at radius 3 is 2.33 bits per heavy atom. The number of alkyl halides is 3. The monoisotopic (exact) mass is 417 g/mol. The van der Waals surface area contributed by atoms with E-state index < -0.39 is 22.7 Å². The van der Waals surface area contributed by atoms with Gasteiger partial charge in [0.2, 0.25) is 10.0 Å². The molecule has 3 N–H and O–H groups in total. The Kier molecular flexibility index (Phi) is 6.45. The molecule has 0 spiro atoms. The van der Waals surface area contributed by atoms with Gasteiger partial charge < -0.3 is 10.2 Å². The van der Waals surface area contributed by atoms with Crippen molar-refractivity contribution in [1.29, 1.82) is 0 Å². The molecule has 5 nitrogen and oxygen atoms in total. The maximum absolute atomic E-state index is 13.0. The number of thiocarbonyl (C=S) groups is 1. The third-order valence-corrected chi connectivity index (χ3v) is 4.84. The third-order valence-electron chi connectivity index (χ3n) is 3.55. The Labute approximate surface area is 161 Å². The summed E-state index contributed by atoms with van der Waals surface area (Å²) in [6.45, 7) is 0.457. The van der Waals surface area contributed by atoms with Crippen molar-refractivity contribution in [3.05, 3.63) is 59.7 Å². The topological polar surface area (TPSA) is 75.4 Å². The zero-order valence-corrected chi connectivity index (χ0v) is 16.0. The van der Waals surface area contributed by atoms with Crippen LogP contribution in [0.2, 0.25) is 0 Å². The smallest absolute Gasteiger partial charge is 0.336 e. The molecule has 0 aliphatic rings. The Hall–Kier alpha value is -2.17. The van der Waals surface area contributed by atoms with Crippen LogP contribution in [0, 0.1) is 6.92 Å². The lowest BCUT2D eigenvalue weighted by Crippen LogP contribution is -2.40. The summed E-state index contributed by atoms with van der Waals surface area (Å²) in [5, 5.41) is 7.73. The van der Waals surface area contributed by atoms with E-state index in [1.54, 1.807) is 18.2 Å². The summed E-state index contributed by atoms with van der Waals surface area (Å²) in [7, 11) is -3.87. The second-order valence-electron chi connectivity index (χ2n) is 5.96. The van der Waals surface area contributed by atoms with E-state index in [-0.39, 0.29) is 16.6 Å². The highest BCUT2D eigenvalue weighted by Crippen LogP contribution is 2.20. The Morgan fingerprint density at radius 2 is 1.81 bits per heavy atom. The van der Waals surface area contributed by atoms with Gasteiger partial charge in [-0.25, -0.2) is 13.6 Å². The standard InChI is InChI=1S/C17H18F3N3O2S2/c1-12-3-2-4-14(9-12)22-16(26)23(11-17(18,19)20)10-13-5-7-15(8-6-13)27(21,24)25/h2-9H,10-11H2,1H3,(H,22,26)(H2,21,24,25). The number of anilines is 1. The van der Waals surface area contributed by atoms with E-state index in [4.69, 9.17) is 17.4 Å². The molecule has 0 aliphatic heterocycles. The molecule has 0 radical (unpaired) electrons. The van der Waals surface area contributed by atoms with Gasteiger partial charge in [0.15, 0.2) is 5.11 Å². The van der Waals surface area contributed by atoms with Crippen LogP contribution in [0.1, 0.15) is 11.1 Å². The quantitative estimate of drug-likeness (QED) is 0.730. The van der Waals surface area contributed by atoms with Crippen LogP contribution in [0.4, 0.5) is 18.9 Å². The minimum atomic E-state index is -4.46. The van der Waals surface area contributed by atoms with E-state index in [1.165, 1.54) is 24.3 Å². The van der Waals surface area contributed by atoms with Crippen LogP contribution in [0.15, 0.2) is 53.4 Å². The van der Waals surface area contributed by atoms with Crippen LogP contribution >= 0.6 is 12.2 Å². The lowest BCUT2D eigenvalue weighted by molar-refractivity contribution is -0.138. The van der Waals surface area contributed by atoms with Crippen LogP contribution in [0.3, 0.4) is 0 Å². The number of primary sulfonamides is 1. The fourth-order valence-electron chi connectivity index (χ4n) is 2.35. The molecule has 0 aliphatic carbocycles. The summed E-state index contributed by atoms with van der Waals surface area (Å²) in [6.07, 6.45) is -4.46. The van der Waals surface area contributed by atoms with E-state index in [1.807, 2.05) is 13.0 Å². The van der Waals surface area contributed by atoms with E-state index in [0.29, 0.717) is 11.3 Å². The molecule has 146 valence electrons. The summed E-state index contributed by atoms with van der Waals surface area (Å²) in [5.41, 5.74) is 1.97. The van der Waals surface area contributed by atoms with Crippen LogP contribution in [-0.4, -0.2) is 31.2 Å². The lowest BCUT2D eigenvalue weighted by Gasteiger charge is -2.27. The van der Waals surface area contributed by atoms with Crippen molar-refractivity contribution in [2.24, 2.45) is 5.14 Å². The number of rotatable bonds is 5. The molecule has 0 saturated carbocycles. The predicted octanol–water partition coefficient (Wildman–Crippen LogP) is 3.40. The Bertz CT molecular complexity index is 914. The number of hydrogen-bond donors (Lipinski definition) is 2. The average Bonchev–Trinajstić information content (AvgIpc) is 2.52. The third kappa shape index (κ3) is 6.81. The second-order valence-corrected chi connectivity index (χ2v) is 7.91. The van der Waals surface area contributed by atoms with E-state index >= 15 is 0 Å². The number of nitrogens with zero attached hydrogens (tertiary/aromatic N) is 1. The molecular formula is C17H18F3N3O2S2. The van der Waals surface area contributed by atoms with Crippen molar-refractivity contribution in [1.82, 2.24) is 4.90 Å². The second kappa shape index (κ2) is 8.24. The van der Waals surface area contributed by atoms with E-state index in [0.717, 1.165) is 10.5 Å². The van der Waals surface area contributed by atoms with Gasteiger partial charge in [-0.1, -0.05) is 24.3 Å². The fraction of sp³-hybridized carbons (Fsp3) is 0.235. The molecule has 0 amide bonds. The molecule has 2 rings (SSSR count). The zero-order valence-electron chi connectivity index (χ0n) is 14.3. The number of halogens is 3. The van der Waals surface area contributed by atoms with Gasteiger partial charge in [0.05, 0.1) is 4.90 Å². The van der Waals surface area contributed by atoms with Crippen molar-refractivity contribution in [3.8, 4) is 0 Å². The SMILES string of the molecule is Cc1cccc(NC(=S)N(Cc2ccc(S(N)(=O)=O)cc2)CC(F)(F)F)c1. The van der Waals surface area contributed by atoms with Gasteiger partial charge in [0.25, 0.3) is 0 Å². The molecule has 0 aromatic heterocycles. The van der Waals surface area contributed by atoms with Crippen LogP contribution in [0.5, 0.6) is 0 Å². The maximum Gasteiger partial charge on any atom is 0.406 e. The van der Waals surface area contributed by atoms with Crippen LogP contribution < -0.4 is 10.5 Å². The van der Waals surface area contributed by atoms with Gasteiger partial charge in [-0.3, -0.25) is 0 Å². The number of nitrogens with two attached hydrogens (primary N) is 1. The molecule has 2 aromatic rings. The number of benzene rings is 2. The first-order chi connectivity index (χ1) is 12.4. The summed E-state index contributed by atoms with van der Waals surface area (Å²) in [6, 6.07) is 12.4. The minimum absolute atomic E-state index is 0.0894. The first kappa shape index (κ1) is 21.1. The highest BCUT2D eigenvalue weighted by molar-refractivity contribution is 7.89. The first-order valence-electron chi connectivity index (χ1n) is 7.75. The molecule has 0 bridgehead atoms. The summed E-state index contributed by atoms with van der Waals surface area (Å²) in [4.78, 5) is 0.845. The van der Waals surface area contributed by atoms with Gasteiger partial charge in [-0.15, -0.1) is 0 Å². The normalized spacial score (nSPS) is 11.9. The lowest BCUT2D eigenvalue weighted by atomic mass is 10.2. The molecule has 27 heavy (non-hydrogen) atoms. The number of sulfonamides is 1. The van der Waals surface area contributed by atoms with Gasteiger partial charge in [-0.05, 0) is 54.5 Å². The summed E-state index contributed by atoms with van der Waals surface area (Å²) >= 11 is 5.15. The fourth-order valence-corrected chi connectivity index (χ4v) is 3.11. The molecule has 2 aromatic carbocycles. The number of nitrogens with one attached hydrogen (secondary N) is 1. The predicted molar refractivity (Wildman–Crippen MR) is 102 cm³/mol. The summed E-state index contributed by atoms with van der Waals surface area (Å²) in [5.74, 6) is 0. The van der Waals surface area contributed by atoms with Crippen LogP contribution in [-0.2, 0) is 16.6 Å².